The highest BCUT2D eigenvalue weighted by atomic mass is 35.5. The van der Waals surface area contributed by atoms with E-state index in [0.29, 0.717) is 34.3 Å². The summed E-state index contributed by atoms with van der Waals surface area (Å²) in [7, 11) is 0. The second kappa shape index (κ2) is 7.07. The summed E-state index contributed by atoms with van der Waals surface area (Å²) in [5.41, 5.74) is 7.32. The summed E-state index contributed by atoms with van der Waals surface area (Å²) in [6.07, 6.45) is 0.659. The van der Waals surface area contributed by atoms with Crippen LogP contribution in [0.1, 0.15) is 11.1 Å². The molecule has 0 saturated heterocycles. The van der Waals surface area contributed by atoms with Crippen molar-refractivity contribution >= 4 is 46.1 Å². The van der Waals surface area contributed by atoms with Gasteiger partial charge in [-0.1, -0.05) is 41.5 Å². The van der Waals surface area contributed by atoms with Gasteiger partial charge in [-0.25, -0.2) is 4.39 Å². The molecular weight excluding hydrogens is 330 g/mol. The van der Waals surface area contributed by atoms with Gasteiger partial charge in [0.25, 0.3) is 0 Å². The summed E-state index contributed by atoms with van der Waals surface area (Å²) in [4.78, 5) is 0.174. The highest BCUT2D eigenvalue weighted by Gasteiger charge is 2.06. The molecule has 110 valence electrons. The Hall–Kier alpha value is -1.36. The fourth-order valence-corrected chi connectivity index (χ4v) is 2.50. The summed E-state index contributed by atoms with van der Waals surface area (Å²) in [6.45, 7) is 0.546. The number of anilines is 1. The standard InChI is InChI=1S/C15H13Cl2FN2S/c16-11-3-1-9(12(17)8-11)5-6-20-14-4-2-10(15(19)21)7-13(14)18/h1-4,7-8,20H,5-6H2,(H2,19,21). The van der Waals surface area contributed by atoms with Gasteiger partial charge in [0.1, 0.15) is 10.8 Å². The van der Waals surface area contributed by atoms with Crippen molar-refractivity contribution in [1.29, 1.82) is 0 Å². The Kier molecular flexibility index (Phi) is 5.39. The third-order valence-corrected chi connectivity index (χ3v) is 3.80. The SMILES string of the molecule is NC(=S)c1ccc(NCCc2ccc(Cl)cc2Cl)c(F)c1. The van der Waals surface area contributed by atoms with Crippen LogP contribution in [0.2, 0.25) is 10.0 Å². The molecule has 2 aromatic carbocycles. The molecule has 0 aromatic heterocycles. The smallest absolute Gasteiger partial charge is 0.146 e. The number of benzene rings is 2. The average Bonchev–Trinajstić information content (AvgIpc) is 2.42. The fourth-order valence-electron chi connectivity index (χ4n) is 1.87. The summed E-state index contributed by atoms with van der Waals surface area (Å²) in [5.74, 6) is -0.387. The van der Waals surface area contributed by atoms with Crippen LogP contribution in [0, 0.1) is 5.82 Å². The molecule has 0 atom stereocenters. The number of hydrogen-bond acceptors (Lipinski definition) is 2. The minimum atomic E-state index is -0.387. The Morgan fingerprint density at radius 2 is 1.95 bits per heavy atom. The minimum absolute atomic E-state index is 0.174. The fraction of sp³-hybridized carbons (Fsp3) is 0.133. The molecule has 0 saturated carbocycles. The van der Waals surface area contributed by atoms with Gasteiger partial charge >= 0.3 is 0 Å². The van der Waals surface area contributed by atoms with E-state index in [9.17, 15) is 4.39 Å². The van der Waals surface area contributed by atoms with Gasteiger partial charge in [0.05, 0.1) is 5.69 Å². The second-order valence-electron chi connectivity index (χ2n) is 4.47. The monoisotopic (exact) mass is 342 g/mol. The number of thiocarbonyl (C=S) groups is 1. The molecule has 2 nitrogen and oxygen atoms in total. The lowest BCUT2D eigenvalue weighted by Gasteiger charge is -2.10. The van der Waals surface area contributed by atoms with Gasteiger partial charge in [-0.05, 0) is 42.3 Å². The van der Waals surface area contributed by atoms with Crippen LogP contribution in [0.15, 0.2) is 36.4 Å². The van der Waals surface area contributed by atoms with Crippen LogP contribution in [0.5, 0.6) is 0 Å². The van der Waals surface area contributed by atoms with E-state index in [1.165, 1.54) is 6.07 Å². The topological polar surface area (TPSA) is 38.0 Å². The molecule has 0 bridgehead atoms. The number of halogens is 3. The van der Waals surface area contributed by atoms with E-state index in [1.54, 1.807) is 24.3 Å². The van der Waals surface area contributed by atoms with Crippen molar-refractivity contribution in [3.8, 4) is 0 Å². The van der Waals surface area contributed by atoms with Crippen molar-refractivity contribution < 1.29 is 4.39 Å². The Morgan fingerprint density at radius 1 is 1.19 bits per heavy atom. The molecule has 0 amide bonds. The Labute approximate surface area is 138 Å². The van der Waals surface area contributed by atoms with Crippen molar-refractivity contribution in [2.24, 2.45) is 5.73 Å². The average molecular weight is 343 g/mol. The lowest BCUT2D eigenvalue weighted by Crippen LogP contribution is -2.11. The van der Waals surface area contributed by atoms with Crippen molar-refractivity contribution in [2.45, 2.75) is 6.42 Å². The maximum atomic E-state index is 13.8. The second-order valence-corrected chi connectivity index (χ2v) is 5.75. The zero-order valence-corrected chi connectivity index (χ0v) is 13.3. The molecule has 0 heterocycles. The normalized spacial score (nSPS) is 10.4. The van der Waals surface area contributed by atoms with Crippen LogP contribution in [-0.4, -0.2) is 11.5 Å². The van der Waals surface area contributed by atoms with Crippen LogP contribution < -0.4 is 11.1 Å². The highest BCUT2D eigenvalue weighted by molar-refractivity contribution is 7.80. The van der Waals surface area contributed by atoms with Crippen LogP contribution in [-0.2, 0) is 6.42 Å². The van der Waals surface area contributed by atoms with Gasteiger partial charge < -0.3 is 11.1 Å². The van der Waals surface area contributed by atoms with Gasteiger partial charge in [0.15, 0.2) is 0 Å². The van der Waals surface area contributed by atoms with E-state index in [0.717, 1.165) is 5.56 Å². The van der Waals surface area contributed by atoms with Gasteiger partial charge in [-0.15, -0.1) is 0 Å². The van der Waals surface area contributed by atoms with Crippen molar-refractivity contribution in [3.63, 3.8) is 0 Å². The highest BCUT2D eigenvalue weighted by Crippen LogP contribution is 2.22. The zero-order chi connectivity index (χ0) is 15.4. The number of nitrogens with one attached hydrogen (secondary N) is 1. The van der Waals surface area contributed by atoms with Crippen molar-refractivity contribution in [3.05, 3.63) is 63.4 Å². The first-order valence-corrected chi connectivity index (χ1v) is 7.41. The quantitative estimate of drug-likeness (QED) is 0.789. The minimum Gasteiger partial charge on any atom is -0.389 e. The van der Waals surface area contributed by atoms with E-state index in [4.69, 9.17) is 41.2 Å². The van der Waals surface area contributed by atoms with Crippen LogP contribution in [0.4, 0.5) is 10.1 Å². The largest absolute Gasteiger partial charge is 0.389 e. The van der Waals surface area contributed by atoms with E-state index in [-0.39, 0.29) is 10.8 Å². The molecule has 0 radical (unpaired) electrons. The molecular formula is C15H13Cl2FN2S. The molecule has 2 rings (SSSR count). The first kappa shape index (κ1) is 16.0. The Balaban J connectivity index is 1.99. The molecule has 0 unspecified atom stereocenters. The molecule has 0 aliphatic rings. The van der Waals surface area contributed by atoms with Gasteiger partial charge in [-0.2, -0.15) is 0 Å². The van der Waals surface area contributed by atoms with E-state index in [1.807, 2.05) is 6.07 Å². The third-order valence-electron chi connectivity index (χ3n) is 2.98. The van der Waals surface area contributed by atoms with Gasteiger partial charge in [0, 0.05) is 22.2 Å². The number of nitrogens with two attached hydrogens (primary N) is 1. The maximum absolute atomic E-state index is 13.8. The maximum Gasteiger partial charge on any atom is 0.146 e. The van der Waals surface area contributed by atoms with Crippen molar-refractivity contribution in [2.75, 3.05) is 11.9 Å². The summed E-state index contributed by atoms with van der Waals surface area (Å²) in [6, 6.07) is 9.95. The van der Waals surface area contributed by atoms with Gasteiger partial charge in [-0.3, -0.25) is 0 Å². The molecule has 2 aromatic rings. The number of rotatable bonds is 5. The molecule has 0 aliphatic carbocycles. The zero-order valence-electron chi connectivity index (χ0n) is 11.0. The predicted octanol–water partition coefficient (Wildman–Crippen LogP) is 4.42. The lowest BCUT2D eigenvalue weighted by atomic mass is 10.1. The first-order chi connectivity index (χ1) is 9.97. The lowest BCUT2D eigenvalue weighted by molar-refractivity contribution is 0.630. The molecule has 0 spiro atoms. The first-order valence-electron chi connectivity index (χ1n) is 6.24. The predicted molar refractivity (Wildman–Crippen MR) is 90.9 cm³/mol. The van der Waals surface area contributed by atoms with Crippen molar-refractivity contribution in [1.82, 2.24) is 0 Å². The summed E-state index contributed by atoms with van der Waals surface area (Å²) in [5, 5.41) is 4.22. The summed E-state index contributed by atoms with van der Waals surface area (Å²) < 4.78 is 13.8. The Bertz CT molecular complexity index is 677. The molecule has 21 heavy (non-hydrogen) atoms. The number of hydrogen-bond donors (Lipinski definition) is 2. The molecule has 6 heteroatoms. The van der Waals surface area contributed by atoms with Gasteiger partial charge in [0.2, 0.25) is 0 Å². The van der Waals surface area contributed by atoms with Crippen LogP contribution in [0.3, 0.4) is 0 Å². The molecule has 0 aliphatic heterocycles. The van der Waals surface area contributed by atoms with E-state index >= 15 is 0 Å². The van der Waals surface area contributed by atoms with E-state index < -0.39 is 0 Å². The van der Waals surface area contributed by atoms with Crippen LogP contribution >= 0.6 is 35.4 Å². The summed E-state index contributed by atoms with van der Waals surface area (Å²) >= 11 is 16.7. The van der Waals surface area contributed by atoms with E-state index in [2.05, 4.69) is 5.32 Å². The Morgan fingerprint density at radius 3 is 2.57 bits per heavy atom. The molecule has 0 fully saturated rings. The third kappa shape index (κ3) is 4.30. The van der Waals surface area contributed by atoms with Crippen LogP contribution in [0.25, 0.3) is 0 Å². The molecule has 3 N–H and O–H groups in total.